The van der Waals surface area contributed by atoms with Gasteiger partial charge in [-0.25, -0.2) is 8.42 Å². The summed E-state index contributed by atoms with van der Waals surface area (Å²) in [6.45, 7) is 1.89. The van der Waals surface area contributed by atoms with E-state index >= 15 is 0 Å². The Bertz CT molecular complexity index is 1260. The van der Waals surface area contributed by atoms with Crippen LogP contribution in [0.5, 0.6) is 5.75 Å². The maximum Gasteiger partial charge on any atom is 0.265 e. The van der Waals surface area contributed by atoms with Gasteiger partial charge in [0.2, 0.25) is 0 Å². The van der Waals surface area contributed by atoms with Crippen LogP contribution in [-0.4, -0.2) is 21.4 Å². The van der Waals surface area contributed by atoms with Crippen molar-refractivity contribution in [3.63, 3.8) is 0 Å². The molecule has 1 aliphatic carbocycles. The first-order valence-electron chi connectivity index (χ1n) is 11.1. The third kappa shape index (κ3) is 5.03. The van der Waals surface area contributed by atoms with Crippen molar-refractivity contribution in [3.05, 3.63) is 89.0 Å². The van der Waals surface area contributed by atoms with Crippen molar-refractivity contribution < 1.29 is 17.9 Å². The van der Waals surface area contributed by atoms with Gasteiger partial charge in [0.25, 0.3) is 15.9 Å². The summed E-state index contributed by atoms with van der Waals surface area (Å²) in [5.41, 5.74) is 3.59. The first kappa shape index (κ1) is 22.9. The van der Waals surface area contributed by atoms with Crippen LogP contribution in [0, 0.1) is 0 Å². The molecular weight excluding hydrogens is 436 g/mol. The molecule has 0 heterocycles. The average Bonchev–Trinajstić information content (AvgIpc) is 2.83. The van der Waals surface area contributed by atoms with E-state index in [1.54, 1.807) is 30.3 Å². The molecule has 0 aromatic heterocycles. The van der Waals surface area contributed by atoms with Crippen LogP contribution in [-0.2, 0) is 22.9 Å². The summed E-state index contributed by atoms with van der Waals surface area (Å²) in [5.74, 6) is -0.0511. The van der Waals surface area contributed by atoms with Crippen molar-refractivity contribution in [3.8, 4) is 5.75 Å². The number of amides is 1. The van der Waals surface area contributed by atoms with E-state index in [9.17, 15) is 13.2 Å². The molecule has 172 valence electrons. The van der Waals surface area contributed by atoms with Crippen LogP contribution in [0.3, 0.4) is 0 Å². The molecule has 1 atom stereocenters. The second-order valence-corrected chi connectivity index (χ2v) is 9.89. The molecule has 0 spiro atoms. The summed E-state index contributed by atoms with van der Waals surface area (Å²) >= 11 is 0. The highest BCUT2D eigenvalue weighted by atomic mass is 32.2. The molecule has 0 radical (unpaired) electrons. The van der Waals surface area contributed by atoms with E-state index in [4.69, 9.17) is 4.74 Å². The molecule has 0 unspecified atom stereocenters. The molecule has 7 heteroatoms. The van der Waals surface area contributed by atoms with E-state index < -0.39 is 10.0 Å². The lowest BCUT2D eigenvalue weighted by molar-refractivity contribution is 0.0941. The standard InChI is InChI=1S/C26H28N2O4S/c1-18(19-10-4-3-5-11-19)27-26(29)22-14-8-9-15-23(22)28-33(30,31)25-17-21-13-7-6-12-20(21)16-24(25)32-2/h3-5,8-11,14-18,28H,6-7,12-13H2,1-2H3,(H,27,29)/t18-/m1/s1. The lowest BCUT2D eigenvalue weighted by Gasteiger charge is -2.20. The van der Waals surface area contributed by atoms with E-state index in [1.807, 2.05) is 43.3 Å². The van der Waals surface area contributed by atoms with Crippen molar-refractivity contribution in [1.29, 1.82) is 0 Å². The van der Waals surface area contributed by atoms with Crippen LogP contribution in [0.15, 0.2) is 71.6 Å². The van der Waals surface area contributed by atoms with Gasteiger partial charge in [-0.3, -0.25) is 9.52 Å². The Morgan fingerprint density at radius 1 is 0.939 bits per heavy atom. The van der Waals surface area contributed by atoms with E-state index in [1.165, 1.54) is 7.11 Å². The number of carbonyl (C=O) groups is 1. The van der Waals surface area contributed by atoms with Crippen molar-refractivity contribution in [2.75, 3.05) is 11.8 Å². The summed E-state index contributed by atoms with van der Waals surface area (Å²) in [4.78, 5) is 13.1. The maximum absolute atomic E-state index is 13.4. The van der Waals surface area contributed by atoms with Crippen LogP contribution in [0.4, 0.5) is 5.69 Å². The SMILES string of the molecule is COc1cc2c(cc1S(=O)(=O)Nc1ccccc1C(=O)N[C@H](C)c1ccccc1)CCCC2. The molecule has 3 aromatic carbocycles. The highest BCUT2D eigenvalue weighted by Crippen LogP contribution is 2.33. The Morgan fingerprint density at radius 3 is 2.27 bits per heavy atom. The second-order valence-electron chi connectivity index (χ2n) is 8.24. The average molecular weight is 465 g/mol. The van der Waals surface area contributed by atoms with Gasteiger partial charge in [0, 0.05) is 0 Å². The zero-order chi connectivity index (χ0) is 23.4. The molecule has 0 aliphatic heterocycles. The van der Waals surface area contributed by atoms with Gasteiger partial charge in [-0.15, -0.1) is 0 Å². The van der Waals surface area contributed by atoms with Crippen molar-refractivity contribution >= 4 is 21.6 Å². The number of fused-ring (bicyclic) bond motifs is 1. The largest absolute Gasteiger partial charge is 0.495 e. The fourth-order valence-electron chi connectivity index (χ4n) is 4.18. The third-order valence-corrected chi connectivity index (χ3v) is 7.37. The lowest BCUT2D eigenvalue weighted by Crippen LogP contribution is -2.28. The number of benzene rings is 3. The Hall–Kier alpha value is -3.32. The Morgan fingerprint density at radius 2 is 1.58 bits per heavy atom. The molecule has 0 saturated heterocycles. The normalized spacial score (nSPS) is 14.1. The number of aryl methyl sites for hydroxylation is 2. The van der Waals surface area contributed by atoms with Gasteiger partial charge in [-0.1, -0.05) is 42.5 Å². The number of para-hydroxylation sites is 1. The van der Waals surface area contributed by atoms with Crippen molar-refractivity contribution in [2.24, 2.45) is 0 Å². The summed E-state index contributed by atoms with van der Waals surface area (Å²) in [5, 5.41) is 2.94. The van der Waals surface area contributed by atoms with Crippen LogP contribution < -0.4 is 14.8 Å². The monoisotopic (exact) mass is 464 g/mol. The zero-order valence-electron chi connectivity index (χ0n) is 18.8. The topological polar surface area (TPSA) is 84.5 Å². The second kappa shape index (κ2) is 9.67. The van der Waals surface area contributed by atoms with E-state index in [0.29, 0.717) is 5.75 Å². The van der Waals surface area contributed by atoms with Gasteiger partial charge in [-0.05, 0) is 73.6 Å². The molecule has 3 aromatic rings. The minimum absolute atomic E-state index is 0.0820. The molecule has 6 nitrogen and oxygen atoms in total. The quantitative estimate of drug-likeness (QED) is 0.523. The van der Waals surface area contributed by atoms with E-state index in [-0.39, 0.29) is 28.1 Å². The molecule has 0 saturated carbocycles. The molecule has 1 amide bonds. The first-order valence-corrected chi connectivity index (χ1v) is 12.5. The minimum Gasteiger partial charge on any atom is -0.495 e. The van der Waals surface area contributed by atoms with Gasteiger partial charge in [0.15, 0.2) is 0 Å². The predicted molar refractivity (Wildman–Crippen MR) is 129 cm³/mol. The Balaban J connectivity index is 1.62. The van der Waals surface area contributed by atoms with Crippen LogP contribution in [0.25, 0.3) is 0 Å². The number of rotatable bonds is 7. The van der Waals surface area contributed by atoms with Crippen molar-refractivity contribution in [1.82, 2.24) is 5.32 Å². The summed E-state index contributed by atoms with van der Waals surface area (Å²) < 4.78 is 34.8. The fourth-order valence-corrected chi connectivity index (χ4v) is 5.46. The van der Waals surface area contributed by atoms with E-state index in [2.05, 4.69) is 10.0 Å². The smallest absolute Gasteiger partial charge is 0.265 e. The molecule has 4 rings (SSSR count). The summed E-state index contributed by atoms with van der Waals surface area (Å²) in [6.07, 6.45) is 3.89. The lowest BCUT2D eigenvalue weighted by atomic mass is 9.92. The van der Waals surface area contributed by atoms with Crippen LogP contribution in [0.2, 0.25) is 0 Å². The highest BCUT2D eigenvalue weighted by molar-refractivity contribution is 7.92. The number of hydrogen-bond acceptors (Lipinski definition) is 4. The number of anilines is 1. The van der Waals surface area contributed by atoms with Gasteiger partial charge in [-0.2, -0.15) is 0 Å². The number of nitrogens with one attached hydrogen (secondary N) is 2. The number of carbonyl (C=O) groups excluding carboxylic acids is 1. The first-order chi connectivity index (χ1) is 15.9. The van der Waals surface area contributed by atoms with Crippen LogP contribution >= 0.6 is 0 Å². The molecule has 0 fully saturated rings. The predicted octanol–water partition coefficient (Wildman–Crippen LogP) is 4.87. The van der Waals surface area contributed by atoms with Crippen LogP contribution in [0.1, 0.15) is 52.9 Å². The maximum atomic E-state index is 13.4. The van der Waals surface area contributed by atoms with E-state index in [0.717, 1.165) is 42.4 Å². The summed E-state index contributed by atoms with van der Waals surface area (Å²) in [7, 11) is -2.51. The third-order valence-electron chi connectivity index (χ3n) is 5.98. The molecule has 2 N–H and O–H groups in total. The number of hydrogen-bond donors (Lipinski definition) is 2. The minimum atomic E-state index is -3.98. The van der Waals surface area contributed by atoms with Gasteiger partial charge in [0.05, 0.1) is 24.4 Å². The number of sulfonamides is 1. The Kier molecular flexibility index (Phi) is 6.70. The Labute approximate surface area is 195 Å². The van der Waals surface area contributed by atoms with Gasteiger partial charge >= 0.3 is 0 Å². The molecule has 1 aliphatic rings. The zero-order valence-corrected chi connectivity index (χ0v) is 19.6. The number of ether oxygens (including phenoxy) is 1. The molecule has 33 heavy (non-hydrogen) atoms. The fraction of sp³-hybridized carbons (Fsp3) is 0.269. The molecule has 0 bridgehead atoms. The van der Waals surface area contributed by atoms with Gasteiger partial charge in [0.1, 0.15) is 10.6 Å². The molecular formula is C26H28N2O4S. The van der Waals surface area contributed by atoms with Crippen molar-refractivity contribution in [2.45, 2.75) is 43.5 Å². The van der Waals surface area contributed by atoms with Gasteiger partial charge < -0.3 is 10.1 Å². The number of methoxy groups -OCH3 is 1. The highest BCUT2D eigenvalue weighted by Gasteiger charge is 2.25. The summed E-state index contributed by atoms with van der Waals surface area (Å²) in [6, 6.07) is 19.5.